The first kappa shape index (κ1) is 22.5. The average Bonchev–Trinajstić information content (AvgIpc) is 2.63. The van der Waals surface area contributed by atoms with Crippen LogP contribution in [0.4, 0.5) is 0 Å². The fourth-order valence-electron chi connectivity index (χ4n) is 3.14. The molecular weight excluding hydrogens is 367 g/mol. The molecule has 0 saturated heterocycles. The summed E-state index contributed by atoms with van der Waals surface area (Å²) in [6.45, 7) is 11.7. The molecule has 2 aromatic carbocycles. The SMILES string of the molecule is CCCCOc1ccc(P=C([O-])c2c(C)cc(C)cc2C)c(OCCCC)c1. The normalized spacial score (nSPS) is 11.6. The first-order valence-electron chi connectivity index (χ1n) is 10.2. The summed E-state index contributed by atoms with van der Waals surface area (Å²) >= 11 is 0. The van der Waals surface area contributed by atoms with Gasteiger partial charge in [0.05, 0.1) is 13.2 Å². The van der Waals surface area contributed by atoms with Crippen LogP contribution in [0.1, 0.15) is 61.8 Å². The van der Waals surface area contributed by atoms with E-state index in [2.05, 4.69) is 32.9 Å². The molecule has 2 aromatic rings. The smallest absolute Gasteiger partial charge is 0.134 e. The third kappa shape index (κ3) is 6.36. The lowest BCUT2D eigenvalue weighted by molar-refractivity contribution is -0.207. The van der Waals surface area contributed by atoms with Gasteiger partial charge in [-0.25, -0.2) is 0 Å². The van der Waals surface area contributed by atoms with Crippen molar-refractivity contribution in [1.29, 1.82) is 0 Å². The van der Waals surface area contributed by atoms with Crippen LogP contribution in [0.5, 0.6) is 11.5 Å². The standard InChI is InChI=1S/C24H33O3P/c1-6-8-12-26-20-10-11-22(21(16-20)27-13-9-7-2)28-24(25)23-18(4)14-17(3)15-19(23)5/h10-11,14-16,25H,6-9,12-13H2,1-5H3/p-1. The summed E-state index contributed by atoms with van der Waals surface area (Å²) in [6, 6.07) is 9.96. The van der Waals surface area contributed by atoms with Crippen LogP contribution >= 0.6 is 8.20 Å². The lowest BCUT2D eigenvalue weighted by Gasteiger charge is -2.20. The van der Waals surface area contributed by atoms with Crippen molar-refractivity contribution in [3.05, 3.63) is 52.6 Å². The monoisotopic (exact) mass is 399 g/mol. The van der Waals surface area contributed by atoms with Gasteiger partial charge in [0.25, 0.3) is 0 Å². The van der Waals surface area contributed by atoms with E-state index in [1.165, 1.54) is 5.56 Å². The third-order valence-electron chi connectivity index (χ3n) is 4.57. The van der Waals surface area contributed by atoms with Crippen LogP contribution in [-0.4, -0.2) is 18.7 Å². The minimum atomic E-state index is 0.106. The maximum absolute atomic E-state index is 13.0. The van der Waals surface area contributed by atoms with Gasteiger partial charge in [0, 0.05) is 11.4 Å². The second-order valence-electron chi connectivity index (χ2n) is 7.22. The number of ether oxygens (including phenoxy) is 2. The molecule has 0 bridgehead atoms. The van der Waals surface area contributed by atoms with E-state index >= 15 is 0 Å². The topological polar surface area (TPSA) is 41.5 Å². The van der Waals surface area contributed by atoms with Crippen molar-refractivity contribution < 1.29 is 14.6 Å². The molecule has 0 aromatic heterocycles. The largest absolute Gasteiger partial charge is 0.823 e. The van der Waals surface area contributed by atoms with Gasteiger partial charge < -0.3 is 14.6 Å². The molecule has 0 unspecified atom stereocenters. The summed E-state index contributed by atoms with van der Waals surface area (Å²) < 4.78 is 11.8. The van der Waals surface area contributed by atoms with Crippen molar-refractivity contribution in [3.8, 4) is 11.5 Å². The van der Waals surface area contributed by atoms with Gasteiger partial charge in [-0.2, -0.15) is 0 Å². The van der Waals surface area contributed by atoms with Crippen LogP contribution < -0.4 is 19.9 Å². The Kier molecular flexibility index (Phi) is 9.02. The average molecular weight is 399 g/mol. The van der Waals surface area contributed by atoms with E-state index < -0.39 is 0 Å². The van der Waals surface area contributed by atoms with Gasteiger partial charge in [0.1, 0.15) is 11.5 Å². The van der Waals surface area contributed by atoms with Crippen molar-refractivity contribution in [2.75, 3.05) is 13.2 Å². The van der Waals surface area contributed by atoms with Crippen LogP contribution in [0.15, 0.2) is 30.3 Å². The zero-order chi connectivity index (χ0) is 20.5. The Hall–Kier alpha value is -1.83. The van der Waals surface area contributed by atoms with Crippen molar-refractivity contribution in [1.82, 2.24) is 0 Å². The summed E-state index contributed by atoms with van der Waals surface area (Å²) in [7, 11) is 0.634. The molecular formula is C24H32O3P-. The number of unbranched alkanes of at least 4 members (excludes halogenated alkanes) is 2. The van der Waals surface area contributed by atoms with Crippen molar-refractivity contribution >= 4 is 19.0 Å². The zero-order valence-electron chi connectivity index (χ0n) is 17.8. The van der Waals surface area contributed by atoms with Crippen LogP contribution in [0, 0.1) is 20.8 Å². The van der Waals surface area contributed by atoms with Crippen LogP contribution in [0.25, 0.3) is 0 Å². The molecule has 0 amide bonds. The number of hydrogen-bond acceptors (Lipinski definition) is 3. The second kappa shape index (κ2) is 11.2. The van der Waals surface area contributed by atoms with Gasteiger partial charge in [-0.15, -0.1) is 5.48 Å². The lowest BCUT2D eigenvalue weighted by Crippen LogP contribution is -2.21. The molecule has 0 spiro atoms. The quantitative estimate of drug-likeness (QED) is 0.413. The van der Waals surface area contributed by atoms with Crippen LogP contribution in [0.2, 0.25) is 0 Å². The molecule has 0 heterocycles. The molecule has 0 aliphatic carbocycles. The molecule has 0 N–H and O–H groups in total. The summed E-state index contributed by atoms with van der Waals surface area (Å²) in [4.78, 5) is 0. The Labute approximate surface area is 171 Å². The lowest BCUT2D eigenvalue weighted by atomic mass is 10.0. The van der Waals surface area contributed by atoms with E-state index in [4.69, 9.17) is 9.47 Å². The Morgan fingerprint density at radius 3 is 2.11 bits per heavy atom. The molecule has 0 aliphatic rings. The third-order valence-corrected chi connectivity index (χ3v) is 5.60. The van der Waals surface area contributed by atoms with Crippen molar-refractivity contribution in [2.45, 2.75) is 60.3 Å². The van der Waals surface area contributed by atoms with Gasteiger partial charge in [0.15, 0.2) is 0 Å². The maximum Gasteiger partial charge on any atom is 0.134 e. The predicted molar refractivity (Wildman–Crippen MR) is 119 cm³/mol. The highest BCUT2D eigenvalue weighted by Gasteiger charge is 2.08. The Morgan fingerprint density at radius 1 is 0.893 bits per heavy atom. The predicted octanol–water partition coefficient (Wildman–Crippen LogP) is 5.08. The molecule has 0 aliphatic heterocycles. The Morgan fingerprint density at radius 2 is 1.50 bits per heavy atom. The fourth-order valence-corrected chi connectivity index (χ4v) is 4.21. The van der Waals surface area contributed by atoms with Crippen molar-refractivity contribution in [3.63, 3.8) is 0 Å². The van der Waals surface area contributed by atoms with Gasteiger partial charge in [0.2, 0.25) is 0 Å². The molecule has 152 valence electrons. The van der Waals surface area contributed by atoms with Crippen LogP contribution in [0.3, 0.4) is 0 Å². The number of benzene rings is 2. The summed E-state index contributed by atoms with van der Waals surface area (Å²) in [5.41, 5.74) is 4.16. The molecule has 3 nitrogen and oxygen atoms in total. The first-order chi connectivity index (χ1) is 13.5. The molecule has 4 heteroatoms. The van der Waals surface area contributed by atoms with Gasteiger partial charge >= 0.3 is 0 Å². The summed E-state index contributed by atoms with van der Waals surface area (Å²) in [6.07, 6.45) is 4.18. The van der Waals surface area contributed by atoms with E-state index in [1.54, 1.807) is 0 Å². The van der Waals surface area contributed by atoms with E-state index in [1.807, 2.05) is 32.0 Å². The molecule has 2 rings (SSSR count). The molecule has 0 saturated carbocycles. The fraction of sp³-hybridized carbons (Fsp3) is 0.458. The number of hydrogen-bond donors (Lipinski definition) is 0. The minimum absolute atomic E-state index is 0.106. The first-order valence-corrected chi connectivity index (χ1v) is 11.1. The maximum atomic E-state index is 13.0. The Balaban J connectivity index is 2.35. The number of rotatable bonds is 10. The van der Waals surface area contributed by atoms with Gasteiger partial charge in [-0.3, -0.25) is 0 Å². The highest BCUT2D eigenvalue weighted by molar-refractivity contribution is 7.49. The van der Waals surface area contributed by atoms with E-state index in [0.29, 0.717) is 21.4 Å². The van der Waals surface area contributed by atoms with E-state index in [-0.39, 0.29) is 5.48 Å². The molecule has 0 radical (unpaired) electrons. The van der Waals surface area contributed by atoms with E-state index in [0.717, 1.165) is 59.2 Å². The second-order valence-corrected chi connectivity index (χ2v) is 8.34. The molecule has 0 atom stereocenters. The summed E-state index contributed by atoms with van der Waals surface area (Å²) in [5, 5.41) is 13.9. The minimum Gasteiger partial charge on any atom is -0.823 e. The molecule has 28 heavy (non-hydrogen) atoms. The Bertz CT molecular complexity index is 788. The summed E-state index contributed by atoms with van der Waals surface area (Å²) in [5.74, 6) is 1.55. The highest BCUT2D eigenvalue weighted by atomic mass is 31.1. The van der Waals surface area contributed by atoms with Gasteiger partial charge in [-0.1, -0.05) is 52.6 Å². The highest BCUT2D eigenvalue weighted by Crippen LogP contribution is 2.25. The van der Waals surface area contributed by atoms with Crippen LogP contribution in [-0.2, 0) is 0 Å². The van der Waals surface area contributed by atoms with Crippen molar-refractivity contribution in [2.24, 2.45) is 0 Å². The zero-order valence-corrected chi connectivity index (χ0v) is 18.7. The molecule has 0 fully saturated rings. The van der Waals surface area contributed by atoms with E-state index in [9.17, 15) is 5.11 Å². The van der Waals surface area contributed by atoms with Gasteiger partial charge in [-0.05, 0) is 62.4 Å². The number of aryl methyl sites for hydroxylation is 3.